The van der Waals surface area contributed by atoms with Crippen molar-refractivity contribution in [2.24, 2.45) is 5.92 Å². The number of carbonyl (C=O) groups excluding carboxylic acids is 1. The Balaban J connectivity index is 2.44. The van der Waals surface area contributed by atoms with E-state index in [0.717, 1.165) is 19.3 Å². The molecule has 0 radical (unpaired) electrons. The van der Waals surface area contributed by atoms with E-state index in [-0.39, 0.29) is 11.8 Å². The molecule has 0 saturated carbocycles. The monoisotopic (exact) mass is 296 g/mol. The number of nitrogens with one attached hydrogen (secondary N) is 2. The van der Waals surface area contributed by atoms with Gasteiger partial charge in [-0.3, -0.25) is 0 Å². The Bertz CT molecular complexity index is 452. The molecule has 1 aromatic rings. The Labute approximate surface area is 126 Å². The number of anilines is 1. The molecule has 0 heterocycles. The number of rotatable bonds is 8. The lowest BCUT2D eigenvalue weighted by atomic mass is 9.99. The Hall–Kier alpha value is -1.78. The molecule has 1 unspecified atom stereocenters. The van der Waals surface area contributed by atoms with Gasteiger partial charge in [-0.05, 0) is 24.5 Å². The van der Waals surface area contributed by atoms with Gasteiger partial charge in [0.25, 0.3) is 0 Å². The van der Waals surface area contributed by atoms with Crippen LogP contribution in [0, 0.1) is 11.7 Å². The first kappa shape index (κ1) is 17.3. The molecule has 0 saturated heterocycles. The van der Waals surface area contributed by atoms with Gasteiger partial charge in [-0.15, -0.1) is 0 Å². The van der Waals surface area contributed by atoms with Gasteiger partial charge >= 0.3 is 6.03 Å². The fraction of sp³-hybridized carbons (Fsp3) is 0.562. The van der Waals surface area contributed by atoms with Crippen molar-refractivity contribution in [1.29, 1.82) is 0 Å². The average molecular weight is 296 g/mol. The summed E-state index contributed by atoms with van der Waals surface area (Å²) in [4.78, 5) is 11.8. The molecule has 2 N–H and O–H groups in total. The molecular formula is C16H25FN2O2. The molecule has 0 fully saturated rings. The number of ether oxygens (including phenoxy) is 1. The van der Waals surface area contributed by atoms with E-state index in [2.05, 4.69) is 24.5 Å². The van der Waals surface area contributed by atoms with Gasteiger partial charge in [0.05, 0.1) is 7.11 Å². The van der Waals surface area contributed by atoms with E-state index in [9.17, 15) is 9.18 Å². The van der Waals surface area contributed by atoms with Crippen molar-refractivity contribution in [3.63, 3.8) is 0 Å². The molecule has 0 aliphatic carbocycles. The maximum atomic E-state index is 13.5. The lowest BCUT2D eigenvalue weighted by molar-refractivity contribution is 0.249. The largest absolute Gasteiger partial charge is 0.494 e. The molecule has 5 heteroatoms. The highest BCUT2D eigenvalue weighted by molar-refractivity contribution is 5.89. The first-order chi connectivity index (χ1) is 10.1. The minimum atomic E-state index is -0.496. The van der Waals surface area contributed by atoms with E-state index in [0.29, 0.717) is 18.2 Å². The summed E-state index contributed by atoms with van der Waals surface area (Å²) < 4.78 is 18.3. The van der Waals surface area contributed by atoms with Crippen LogP contribution in [0.3, 0.4) is 0 Å². The molecular weight excluding hydrogens is 271 g/mol. The van der Waals surface area contributed by atoms with Crippen LogP contribution < -0.4 is 15.4 Å². The van der Waals surface area contributed by atoms with E-state index in [1.54, 1.807) is 6.07 Å². The molecule has 0 aliphatic rings. The molecule has 1 aromatic carbocycles. The number of carbonyl (C=O) groups is 1. The van der Waals surface area contributed by atoms with Crippen LogP contribution in [0.2, 0.25) is 0 Å². The third-order valence-electron chi connectivity index (χ3n) is 3.50. The second-order valence-corrected chi connectivity index (χ2v) is 5.10. The van der Waals surface area contributed by atoms with Crippen LogP contribution in [0.15, 0.2) is 18.2 Å². The predicted molar refractivity (Wildman–Crippen MR) is 83.3 cm³/mol. The number of benzene rings is 1. The maximum absolute atomic E-state index is 13.5. The van der Waals surface area contributed by atoms with Gasteiger partial charge in [-0.1, -0.05) is 33.1 Å². The second-order valence-electron chi connectivity index (χ2n) is 5.10. The van der Waals surface area contributed by atoms with Crippen molar-refractivity contribution in [2.75, 3.05) is 19.0 Å². The normalized spacial score (nSPS) is 11.8. The zero-order valence-corrected chi connectivity index (χ0v) is 13.0. The number of halogens is 1. The third-order valence-corrected chi connectivity index (χ3v) is 3.50. The number of amides is 2. The Morgan fingerprint density at radius 1 is 1.38 bits per heavy atom. The first-order valence-electron chi connectivity index (χ1n) is 7.49. The molecule has 21 heavy (non-hydrogen) atoms. The zero-order chi connectivity index (χ0) is 15.7. The van der Waals surface area contributed by atoms with Crippen molar-refractivity contribution < 1.29 is 13.9 Å². The summed E-state index contributed by atoms with van der Waals surface area (Å²) in [5.74, 6) is 0.152. The van der Waals surface area contributed by atoms with Crippen molar-refractivity contribution in [3.05, 3.63) is 24.0 Å². The van der Waals surface area contributed by atoms with Crippen LogP contribution in [0.25, 0.3) is 0 Å². The standard InChI is InChI=1S/C16H25FN2O2/c1-4-6-7-12(5-2)11-18-16(20)19-13-8-9-15(21-3)14(17)10-13/h8-10,12H,4-7,11H2,1-3H3,(H2,18,19,20). The number of hydrogen-bond acceptors (Lipinski definition) is 2. The number of hydrogen-bond donors (Lipinski definition) is 2. The van der Waals surface area contributed by atoms with Crippen LogP contribution in [-0.4, -0.2) is 19.7 Å². The summed E-state index contributed by atoms with van der Waals surface area (Å²) in [6.07, 6.45) is 4.49. The Kier molecular flexibility index (Phi) is 7.58. The molecule has 0 spiro atoms. The van der Waals surface area contributed by atoms with E-state index in [4.69, 9.17) is 4.74 Å². The molecule has 4 nitrogen and oxygen atoms in total. The summed E-state index contributed by atoms with van der Waals surface area (Å²) in [5, 5.41) is 5.46. The van der Waals surface area contributed by atoms with Crippen molar-refractivity contribution in [1.82, 2.24) is 5.32 Å². The van der Waals surface area contributed by atoms with Crippen LogP contribution >= 0.6 is 0 Å². The van der Waals surface area contributed by atoms with Gasteiger partial charge in [0.15, 0.2) is 11.6 Å². The summed E-state index contributed by atoms with van der Waals surface area (Å²) in [5.41, 5.74) is 0.410. The van der Waals surface area contributed by atoms with Crippen LogP contribution in [0.5, 0.6) is 5.75 Å². The number of urea groups is 1. The smallest absolute Gasteiger partial charge is 0.319 e. The molecule has 1 atom stereocenters. The lowest BCUT2D eigenvalue weighted by Gasteiger charge is -2.15. The molecule has 2 amide bonds. The van der Waals surface area contributed by atoms with Crippen LogP contribution in [0.1, 0.15) is 39.5 Å². The first-order valence-corrected chi connectivity index (χ1v) is 7.49. The zero-order valence-electron chi connectivity index (χ0n) is 13.0. The highest BCUT2D eigenvalue weighted by Crippen LogP contribution is 2.20. The highest BCUT2D eigenvalue weighted by atomic mass is 19.1. The van der Waals surface area contributed by atoms with Crippen molar-refractivity contribution in [3.8, 4) is 5.75 Å². The quantitative estimate of drug-likeness (QED) is 0.756. The van der Waals surface area contributed by atoms with Gasteiger partial charge in [0.2, 0.25) is 0 Å². The fourth-order valence-corrected chi connectivity index (χ4v) is 2.10. The fourth-order valence-electron chi connectivity index (χ4n) is 2.10. The van der Waals surface area contributed by atoms with Gasteiger partial charge in [0, 0.05) is 18.3 Å². The molecule has 0 aromatic heterocycles. The highest BCUT2D eigenvalue weighted by Gasteiger charge is 2.09. The van der Waals surface area contributed by atoms with Gasteiger partial charge in [-0.25, -0.2) is 9.18 Å². The predicted octanol–water partition coefficient (Wildman–Crippen LogP) is 4.17. The SMILES string of the molecule is CCCCC(CC)CNC(=O)Nc1ccc(OC)c(F)c1. The maximum Gasteiger partial charge on any atom is 0.319 e. The molecule has 0 aliphatic heterocycles. The second kappa shape index (κ2) is 9.21. The molecule has 118 valence electrons. The van der Waals surface area contributed by atoms with Crippen LogP contribution in [0.4, 0.5) is 14.9 Å². The minimum Gasteiger partial charge on any atom is -0.494 e. The van der Waals surface area contributed by atoms with E-state index >= 15 is 0 Å². The summed E-state index contributed by atoms with van der Waals surface area (Å²) in [6.45, 7) is 4.92. The van der Waals surface area contributed by atoms with Crippen LogP contribution in [-0.2, 0) is 0 Å². The van der Waals surface area contributed by atoms with E-state index in [1.165, 1.54) is 25.7 Å². The lowest BCUT2D eigenvalue weighted by Crippen LogP contribution is -2.33. The van der Waals surface area contributed by atoms with E-state index in [1.807, 2.05) is 0 Å². The summed E-state index contributed by atoms with van der Waals surface area (Å²) in [6, 6.07) is 4.03. The number of methoxy groups -OCH3 is 1. The Morgan fingerprint density at radius 3 is 2.71 bits per heavy atom. The average Bonchev–Trinajstić information content (AvgIpc) is 2.47. The Morgan fingerprint density at radius 2 is 2.14 bits per heavy atom. The summed E-state index contributed by atoms with van der Waals surface area (Å²) in [7, 11) is 1.40. The number of unbranched alkanes of at least 4 members (excludes halogenated alkanes) is 1. The van der Waals surface area contributed by atoms with Gasteiger partial charge in [-0.2, -0.15) is 0 Å². The minimum absolute atomic E-state index is 0.159. The molecule has 1 rings (SSSR count). The van der Waals surface area contributed by atoms with E-state index < -0.39 is 5.82 Å². The van der Waals surface area contributed by atoms with Gasteiger partial charge < -0.3 is 15.4 Å². The topological polar surface area (TPSA) is 50.4 Å². The third kappa shape index (κ3) is 6.02. The molecule has 0 bridgehead atoms. The van der Waals surface area contributed by atoms with Crippen molar-refractivity contribution >= 4 is 11.7 Å². The van der Waals surface area contributed by atoms with Gasteiger partial charge in [0.1, 0.15) is 0 Å². The summed E-state index contributed by atoms with van der Waals surface area (Å²) >= 11 is 0. The van der Waals surface area contributed by atoms with Crippen molar-refractivity contribution in [2.45, 2.75) is 39.5 Å².